The molecule has 9 heteroatoms. The van der Waals surface area contributed by atoms with Crippen LogP contribution in [0.5, 0.6) is 11.8 Å². The van der Waals surface area contributed by atoms with Crippen LogP contribution in [0, 0.1) is 11.6 Å². The second kappa shape index (κ2) is 8.65. The average Bonchev–Trinajstić information content (AvgIpc) is 2.79. The van der Waals surface area contributed by atoms with Gasteiger partial charge in [0, 0.05) is 18.5 Å². The van der Waals surface area contributed by atoms with Crippen LogP contribution in [-0.4, -0.2) is 45.2 Å². The lowest BCUT2D eigenvalue weighted by Gasteiger charge is -2.42. The van der Waals surface area contributed by atoms with Crippen molar-refractivity contribution < 1.29 is 23.4 Å². The van der Waals surface area contributed by atoms with Crippen molar-refractivity contribution in [2.45, 2.75) is 31.8 Å². The fourth-order valence-electron chi connectivity index (χ4n) is 4.34. The minimum atomic E-state index is -0.976. The number of hydrogen-bond donors (Lipinski definition) is 1. The molecule has 0 spiro atoms. The highest BCUT2D eigenvalue weighted by molar-refractivity contribution is 5.96. The van der Waals surface area contributed by atoms with E-state index < -0.39 is 40.8 Å². The highest BCUT2D eigenvalue weighted by Gasteiger charge is 2.42. The van der Waals surface area contributed by atoms with Gasteiger partial charge in [-0.15, -0.1) is 0 Å². The molecule has 1 N–H and O–H groups in total. The second-order valence-corrected chi connectivity index (χ2v) is 8.17. The van der Waals surface area contributed by atoms with E-state index in [2.05, 4.69) is 4.98 Å². The van der Waals surface area contributed by atoms with Crippen LogP contribution in [0.1, 0.15) is 47.4 Å². The fraction of sp³-hybridized carbons (Fsp3) is 0.292. The lowest BCUT2D eigenvalue weighted by atomic mass is 9.83. The highest BCUT2D eigenvalue weighted by Crippen LogP contribution is 2.42. The first-order valence-corrected chi connectivity index (χ1v) is 10.4. The molecule has 172 valence electrons. The first-order chi connectivity index (χ1) is 15.7. The molecule has 1 atom stereocenters. The van der Waals surface area contributed by atoms with Crippen LogP contribution >= 0.6 is 0 Å². The molecule has 0 fully saturated rings. The largest absolute Gasteiger partial charge is 0.501 e. The Morgan fingerprint density at radius 3 is 1.97 bits per heavy atom. The van der Waals surface area contributed by atoms with E-state index in [1.807, 2.05) is 13.8 Å². The monoisotopic (exact) mass is 455 g/mol. The van der Waals surface area contributed by atoms with Crippen LogP contribution in [0.15, 0.2) is 53.3 Å². The number of carbonyl (C=O) groups excluding carboxylic acids is 1. The van der Waals surface area contributed by atoms with Crippen LogP contribution in [0.4, 0.5) is 8.78 Å². The van der Waals surface area contributed by atoms with Gasteiger partial charge in [0.1, 0.15) is 11.6 Å². The van der Waals surface area contributed by atoms with E-state index in [0.717, 1.165) is 0 Å². The Balaban J connectivity index is 2.02. The summed E-state index contributed by atoms with van der Waals surface area (Å²) in [6.07, 6.45) is 0. The molecule has 1 aromatic heterocycles. The number of hydrogen-bond acceptors (Lipinski definition) is 5. The third-order valence-electron chi connectivity index (χ3n) is 5.90. The average molecular weight is 455 g/mol. The van der Waals surface area contributed by atoms with Gasteiger partial charge >= 0.3 is 11.6 Å². The summed E-state index contributed by atoms with van der Waals surface area (Å²) >= 11 is 0. The van der Waals surface area contributed by atoms with Crippen molar-refractivity contribution >= 4 is 5.91 Å². The molecule has 4 rings (SSSR count). The van der Waals surface area contributed by atoms with E-state index in [-0.39, 0.29) is 24.3 Å². The smallest absolute Gasteiger partial charge is 0.318 e. The molecular weight excluding hydrogens is 432 g/mol. The third kappa shape index (κ3) is 3.94. The number of fused-ring (bicyclic) bond motifs is 1. The second-order valence-electron chi connectivity index (χ2n) is 8.17. The predicted molar refractivity (Wildman–Crippen MR) is 117 cm³/mol. The Kier molecular flexibility index (Phi) is 5.88. The zero-order valence-corrected chi connectivity index (χ0v) is 18.3. The Morgan fingerprint density at radius 1 is 1.00 bits per heavy atom. The van der Waals surface area contributed by atoms with Gasteiger partial charge in [0.2, 0.25) is 5.75 Å². The van der Waals surface area contributed by atoms with E-state index >= 15 is 0 Å². The van der Waals surface area contributed by atoms with Crippen molar-refractivity contribution in [1.82, 2.24) is 14.5 Å². The minimum Gasteiger partial charge on any atom is -0.501 e. The number of rotatable bonds is 5. The van der Waals surface area contributed by atoms with Crippen molar-refractivity contribution in [3.05, 3.63) is 87.3 Å². The van der Waals surface area contributed by atoms with E-state index in [1.54, 1.807) is 29.2 Å². The normalized spacial score (nSPS) is 15.8. The van der Waals surface area contributed by atoms with Crippen LogP contribution in [-0.2, 0) is 0 Å². The van der Waals surface area contributed by atoms with Crippen LogP contribution in [0.3, 0.4) is 0 Å². The summed E-state index contributed by atoms with van der Waals surface area (Å²) in [5, 5.41) is 10.5. The molecule has 0 saturated heterocycles. The first kappa shape index (κ1) is 22.4. The van der Waals surface area contributed by atoms with Gasteiger partial charge < -0.3 is 14.7 Å². The standard InChI is InChI=1S/C24H23F2N3O4/c1-13(2)28-12-18(29-20(23(28)32)21(30)22(31)27-24(29)33-3)19(14-4-8-16(25)9-5-14)15-6-10-17(26)11-7-15/h4-11,13,18-19,30H,12H2,1-3H3/t18-/m1/s1. The molecule has 1 aliphatic rings. The van der Waals surface area contributed by atoms with Gasteiger partial charge in [-0.25, -0.2) is 8.78 Å². The Labute approximate surface area is 188 Å². The van der Waals surface area contributed by atoms with Crippen LogP contribution in [0.2, 0.25) is 0 Å². The summed E-state index contributed by atoms with van der Waals surface area (Å²) in [6, 6.07) is 10.7. The Bertz CT molecular complexity index is 1190. The lowest BCUT2D eigenvalue weighted by Crippen LogP contribution is -2.49. The third-order valence-corrected chi connectivity index (χ3v) is 5.90. The number of benzene rings is 2. The molecular formula is C24H23F2N3O4. The molecule has 2 heterocycles. The first-order valence-electron chi connectivity index (χ1n) is 10.4. The highest BCUT2D eigenvalue weighted by atomic mass is 19.1. The molecule has 1 amide bonds. The molecule has 0 unspecified atom stereocenters. The SMILES string of the molecule is COc1nc(=O)c(O)c2n1[C@@H](C(c1ccc(F)cc1)c1ccc(F)cc1)CN(C(C)C)C2=O. The van der Waals surface area contributed by atoms with Crippen LogP contribution < -0.4 is 10.3 Å². The van der Waals surface area contributed by atoms with Crippen molar-refractivity contribution in [2.24, 2.45) is 0 Å². The Morgan fingerprint density at radius 2 is 1.52 bits per heavy atom. The number of halogens is 2. The van der Waals surface area contributed by atoms with Gasteiger partial charge in [-0.05, 0) is 49.2 Å². The van der Waals surface area contributed by atoms with E-state index in [0.29, 0.717) is 11.1 Å². The zero-order valence-electron chi connectivity index (χ0n) is 18.3. The molecule has 0 radical (unpaired) electrons. The predicted octanol–water partition coefficient (Wildman–Crippen LogP) is 3.47. The molecule has 0 saturated carbocycles. The summed E-state index contributed by atoms with van der Waals surface area (Å²) in [5.41, 5.74) is 0.177. The summed E-state index contributed by atoms with van der Waals surface area (Å²) in [4.78, 5) is 30.9. The number of methoxy groups -OCH3 is 1. The van der Waals surface area contributed by atoms with Gasteiger partial charge in [-0.1, -0.05) is 24.3 Å². The quantitative estimate of drug-likeness (QED) is 0.637. The zero-order chi connectivity index (χ0) is 23.9. The van der Waals surface area contributed by atoms with Crippen molar-refractivity contribution in [3.8, 4) is 11.8 Å². The molecule has 3 aromatic rings. The number of amides is 1. The number of carbonyl (C=O) groups is 1. The van der Waals surface area contributed by atoms with Crippen LogP contribution in [0.25, 0.3) is 0 Å². The number of nitrogens with zero attached hydrogens (tertiary/aromatic N) is 3. The maximum absolute atomic E-state index is 13.7. The van der Waals surface area contributed by atoms with Crippen molar-refractivity contribution in [2.75, 3.05) is 13.7 Å². The molecule has 7 nitrogen and oxygen atoms in total. The Hall–Kier alpha value is -3.75. The summed E-state index contributed by atoms with van der Waals surface area (Å²) < 4.78 is 34.2. The summed E-state index contributed by atoms with van der Waals surface area (Å²) in [7, 11) is 1.31. The van der Waals surface area contributed by atoms with E-state index in [1.165, 1.54) is 35.9 Å². The number of aromatic hydroxyl groups is 1. The summed E-state index contributed by atoms with van der Waals surface area (Å²) in [6.45, 7) is 3.83. The topological polar surface area (TPSA) is 84.7 Å². The van der Waals surface area contributed by atoms with Crippen molar-refractivity contribution in [3.63, 3.8) is 0 Å². The van der Waals surface area contributed by atoms with Gasteiger partial charge in [0.25, 0.3) is 5.91 Å². The fourth-order valence-corrected chi connectivity index (χ4v) is 4.34. The molecule has 0 aliphatic carbocycles. The molecule has 0 bridgehead atoms. The van der Waals surface area contributed by atoms with E-state index in [9.17, 15) is 23.5 Å². The minimum absolute atomic E-state index is 0.135. The molecule has 33 heavy (non-hydrogen) atoms. The summed E-state index contributed by atoms with van der Waals surface area (Å²) in [5.74, 6) is -2.65. The van der Waals surface area contributed by atoms with Gasteiger partial charge in [-0.2, -0.15) is 4.98 Å². The van der Waals surface area contributed by atoms with Gasteiger partial charge in [-0.3, -0.25) is 14.2 Å². The number of aromatic nitrogens is 2. The van der Waals surface area contributed by atoms with Gasteiger partial charge in [0.15, 0.2) is 5.69 Å². The number of ether oxygens (including phenoxy) is 1. The lowest BCUT2D eigenvalue weighted by molar-refractivity contribution is 0.0572. The van der Waals surface area contributed by atoms with Gasteiger partial charge in [0.05, 0.1) is 13.2 Å². The van der Waals surface area contributed by atoms with Crippen molar-refractivity contribution in [1.29, 1.82) is 0 Å². The molecule has 1 aliphatic heterocycles. The maximum Gasteiger partial charge on any atom is 0.318 e. The maximum atomic E-state index is 13.7. The molecule has 2 aromatic carbocycles. The van der Waals surface area contributed by atoms with E-state index in [4.69, 9.17) is 4.74 Å².